The molecule has 0 saturated heterocycles. The molecule has 1 aromatic heterocycles. The van der Waals surface area contributed by atoms with Crippen molar-refractivity contribution in [1.29, 1.82) is 0 Å². The molecular weight excluding hydrogens is 206 g/mol. The number of ether oxygens (including phenoxy) is 1. The van der Waals surface area contributed by atoms with Crippen LogP contribution in [0.5, 0.6) is 0 Å². The molecule has 0 aliphatic heterocycles. The Kier molecular flexibility index (Phi) is 5.39. The molecule has 0 amide bonds. The molecule has 74 valence electrons. The Balaban J connectivity index is 2.23. The normalized spacial score (nSPS) is 13.1. The maximum Gasteiger partial charge on any atom is 0.0627 e. The Bertz CT molecular complexity index is 215. The summed E-state index contributed by atoms with van der Waals surface area (Å²) >= 11 is 7.49. The van der Waals surface area contributed by atoms with Crippen LogP contribution in [0, 0.1) is 0 Å². The molecule has 1 heterocycles. The van der Waals surface area contributed by atoms with Crippen LogP contribution in [0.25, 0.3) is 0 Å². The van der Waals surface area contributed by atoms with Gasteiger partial charge in [0, 0.05) is 30.5 Å². The lowest BCUT2D eigenvalue weighted by Crippen LogP contribution is -2.34. The highest BCUT2D eigenvalue weighted by molar-refractivity contribution is 7.09. The summed E-state index contributed by atoms with van der Waals surface area (Å²) < 4.78 is 5.02. The van der Waals surface area contributed by atoms with Crippen molar-refractivity contribution in [1.82, 2.24) is 5.32 Å². The average Bonchev–Trinajstić information content (AvgIpc) is 2.64. The van der Waals surface area contributed by atoms with Crippen molar-refractivity contribution in [3.05, 3.63) is 22.4 Å². The maximum absolute atomic E-state index is 5.75. The molecule has 4 heteroatoms. The number of thiophene rings is 1. The SMILES string of the molecule is COCC(CCl)NCc1cccs1. The Hall–Kier alpha value is -0.0900. The van der Waals surface area contributed by atoms with Gasteiger partial charge in [-0.1, -0.05) is 6.07 Å². The van der Waals surface area contributed by atoms with E-state index in [1.54, 1.807) is 18.4 Å². The van der Waals surface area contributed by atoms with Crippen LogP contribution in [0.4, 0.5) is 0 Å². The van der Waals surface area contributed by atoms with E-state index in [0.717, 1.165) is 6.54 Å². The minimum atomic E-state index is 0.244. The second-order valence-electron chi connectivity index (χ2n) is 2.77. The van der Waals surface area contributed by atoms with E-state index < -0.39 is 0 Å². The van der Waals surface area contributed by atoms with Crippen LogP contribution in [0.3, 0.4) is 0 Å². The standard InChI is InChI=1S/C9H14ClNOS/c1-12-7-8(5-10)11-6-9-3-2-4-13-9/h2-4,8,11H,5-7H2,1H3. The molecule has 0 bridgehead atoms. The first kappa shape index (κ1) is 11.0. The van der Waals surface area contributed by atoms with Gasteiger partial charge in [-0.2, -0.15) is 0 Å². The van der Waals surface area contributed by atoms with Crippen LogP contribution in [-0.4, -0.2) is 25.6 Å². The smallest absolute Gasteiger partial charge is 0.0627 e. The van der Waals surface area contributed by atoms with E-state index in [1.807, 2.05) is 6.07 Å². The fourth-order valence-corrected chi connectivity index (χ4v) is 1.87. The quantitative estimate of drug-likeness (QED) is 0.740. The van der Waals surface area contributed by atoms with Gasteiger partial charge >= 0.3 is 0 Å². The molecule has 0 saturated carbocycles. The van der Waals surface area contributed by atoms with Crippen LogP contribution < -0.4 is 5.32 Å². The number of hydrogen-bond acceptors (Lipinski definition) is 3. The van der Waals surface area contributed by atoms with Crippen molar-refractivity contribution in [2.75, 3.05) is 19.6 Å². The fraction of sp³-hybridized carbons (Fsp3) is 0.556. The summed E-state index contributed by atoms with van der Waals surface area (Å²) in [6, 6.07) is 4.40. The maximum atomic E-state index is 5.75. The number of alkyl halides is 1. The topological polar surface area (TPSA) is 21.3 Å². The highest BCUT2D eigenvalue weighted by Crippen LogP contribution is 2.07. The van der Waals surface area contributed by atoms with Gasteiger partial charge in [0.2, 0.25) is 0 Å². The van der Waals surface area contributed by atoms with Gasteiger partial charge in [0.05, 0.1) is 6.61 Å². The van der Waals surface area contributed by atoms with Gasteiger partial charge in [0.1, 0.15) is 0 Å². The van der Waals surface area contributed by atoms with Crippen LogP contribution in [0.2, 0.25) is 0 Å². The molecule has 1 aromatic rings. The van der Waals surface area contributed by atoms with Crippen molar-refractivity contribution in [3.63, 3.8) is 0 Å². The zero-order valence-corrected chi connectivity index (χ0v) is 9.20. The molecule has 1 rings (SSSR count). The number of halogens is 1. The molecule has 0 aliphatic carbocycles. The first-order valence-electron chi connectivity index (χ1n) is 4.17. The molecule has 0 radical (unpaired) electrons. The van der Waals surface area contributed by atoms with Gasteiger partial charge in [0.15, 0.2) is 0 Å². The molecule has 1 atom stereocenters. The summed E-state index contributed by atoms with van der Waals surface area (Å²) in [6.07, 6.45) is 0. The lowest BCUT2D eigenvalue weighted by atomic mass is 10.3. The summed E-state index contributed by atoms with van der Waals surface area (Å²) in [5, 5.41) is 5.40. The molecule has 1 unspecified atom stereocenters. The molecule has 2 nitrogen and oxygen atoms in total. The van der Waals surface area contributed by atoms with E-state index in [2.05, 4.69) is 16.8 Å². The summed E-state index contributed by atoms with van der Waals surface area (Å²) in [7, 11) is 1.69. The Morgan fingerprint density at radius 2 is 2.54 bits per heavy atom. The molecule has 0 spiro atoms. The summed E-state index contributed by atoms with van der Waals surface area (Å²) in [4.78, 5) is 1.33. The Morgan fingerprint density at radius 1 is 1.69 bits per heavy atom. The molecule has 13 heavy (non-hydrogen) atoms. The van der Waals surface area contributed by atoms with Gasteiger partial charge < -0.3 is 10.1 Å². The predicted octanol–water partition coefficient (Wildman–Crippen LogP) is 2.09. The van der Waals surface area contributed by atoms with Crippen molar-refractivity contribution >= 4 is 22.9 Å². The zero-order valence-electron chi connectivity index (χ0n) is 7.63. The van der Waals surface area contributed by atoms with Gasteiger partial charge in [-0.3, -0.25) is 0 Å². The molecular formula is C9H14ClNOS. The first-order valence-corrected chi connectivity index (χ1v) is 5.59. The lowest BCUT2D eigenvalue weighted by molar-refractivity contribution is 0.173. The third-order valence-corrected chi connectivity index (χ3v) is 2.95. The number of hydrogen-bond donors (Lipinski definition) is 1. The second kappa shape index (κ2) is 6.38. The first-order chi connectivity index (χ1) is 6.36. The largest absolute Gasteiger partial charge is 0.383 e. The zero-order chi connectivity index (χ0) is 9.52. The minimum absolute atomic E-state index is 0.244. The fourth-order valence-electron chi connectivity index (χ4n) is 1.02. The highest BCUT2D eigenvalue weighted by Gasteiger charge is 2.05. The van der Waals surface area contributed by atoms with E-state index in [4.69, 9.17) is 16.3 Å². The van der Waals surface area contributed by atoms with Crippen molar-refractivity contribution < 1.29 is 4.74 Å². The summed E-state index contributed by atoms with van der Waals surface area (Å²) in [5.41, 5.74) is 0. The van der Waals surface area contributed by atoms with E-state index in [0.29, 0.717) is 12.5 Å². The van der Waals surface area contributed by atoms with Crippen LogP contribution in [0.15, 0.2) is 17.5 Å². The Labute approximate surface area is 87.9 Å². The van der Waals surface area contributed by atoms with Gasteiger partial charge in [-0.15, -0.1) is 22.9 Å². The molecule has 0 aliphatic rings. The van der Waals surface area contributed by atoms with Gasteiger partial charge in [-0.25, -0.2) is 0 Å². The Morgan fingerprint density at radius 3 is 3.08 bits per heavy atom. The van der Waals surface area contributed by atoms with Crippen molar-refractivity contribution in [3.8, 4) is 0 Å². The molecule has 0 fully saturated rings. The average molecular weight is 220 g/mol. The van der Waals surface area contributed by atoms with E-state index in [9.17, 15) is 0 Å². The van der Waals surface area contributed by atoms with Gasteiger partial charge in [-0.05, 0) is 11.4 Å². The highest BCUT2D eigenvalue weighted by atomic mass is 35.5. The van der Waals surface area contributed by atoms with E-state index in [-0.39, 0.29) is 6.04 Å². The molecule has 1 N–H and O–H groups in total. The third-order valence-electron chi connectivity index (χ3n) is 1.70. The van der Waals surface area contributed by atoms with Crippen molar-refractivity contribution in [2.24, 2.45) is 0 Å². The predicted molar refractivity (Wildman–Crippen MR) is 57.5 cm³/mol. The summed E-state index contributed by atoms with van der Waals surface area (Å²) in [5.74, 6) is 0.583. The van der Waals surface area contributed by atoms with Gasteiger partial charge in [0.25, 0.3) is 0 Å². The van der Waals surface area contributed by atoms with Crippen LogP contribution >= 0.6 is 22.9 Å². The monoisotopic (exact) mass is 219 g/mol. The molecule has 0 aromatic carbocycles. The number of rotatable bonds is 6. The summed E-state index contributed by atoms with van der Waals surface area (Å²) in [6.45, 7) is 1.54. The van der Waals surface area contributed by atoms with E-state index >= 15 is 0 Å². The van der Waals surface area contributed by atoms with E-state index in [1.165, 1.54) is 4.88 Å². The van der Waals surface area contributed by atoms with Crippen LogP contribution in [-0.2, 0) is 11.3 Å². The third kappa shape index (κ3) is 4.09. The minimum Gasteiger partial charge on any atom is -0.383 e. The lowest BCUT2D eigenvalue weighted by Gasteiger charge is -2.13. The number of nitrogens with one attached hydrogen (secondary N) is 1. The second-order valence-corrected chi connectivity index (χ2v) is 4.11. The van der Waals surface area contributed by atoms with Crippen LogP contribution in [0.1, 0.15) is 4.88 Å². The number of methoxy groups -OCH3 is 1. The van der Waals surface area contributed by atoms with Crippen molar-refractivity contribution in [2.45, 2.75) is 12.6 Å².